The fraction of sp³-hybridized carbons (Fsp3) is 0.479. The lowest BCUT2D eigenvalue weighted by molar-refractivity contribution is -0.276. The molecule has 0 aromatic heterocycles. The van der Waals surface area contributed by atoms with Gasteiger partial charge in [0.15, 0.2) is 6.29 Å². The number of urea groups is 1. The summed E-state index contributed by atoms with van der Waals surface area (Å²) in [5, 5.41) is 15.5. The Kier molecular flexibility index (Phi) is 18.2. The number of carbonyl (C=O) groups is 1. The van der Waals surface area contributed by atoms with E-state index in [4.69, 9.17) is 14.2 Å². The highest BCUT2D eigenvalue weighted by molar-refractivity contribution is 5.99. The van der Waals surface area contributed by atoms with Crippen LogP contribution in [0.2, 0.25) is 0 Å². The van der Waals surface area contributed by atoms with Gasteiger partial charge < -0.3 is 34.9 Å². The molecule has 0 radical (unpaired) electrons. The maximum Gasteiger partial charge on any atom is 0.323 e. The van der Waals surface area contributed by atoms with Gasteiger partial charge in [-0.15, -0.1) is 0 Å². The van der Waals surface area contributed by atoms with Gasteiger partial charge in [-0.1, -0.05) is 140 Å². The average Bonchev–Trinajstić information content (AvgIpc) is 3.22. The zero-order valence-electron chi connectivity index (χ0n) is 34.0. The standard InChI is InChI=1S/C48H65N3O5/c1-4-6-8-10-12-17-33-51(34-18-13-11-9-7-5-2)35-45-37(3)46(39-23-21-38(36-52)22-24-39)56-47(55-45)40-25-27-41(28-26-40)49-48(53)50-42-29-31-44(32-30-42)54-43-19-15-14-16-20-43/h14-16,19-32,37,45-47,52H,4-13,17-18,33-36H2,1-3H3,(H2,49,50,53)/t37-,45+,46+,47+/m0/s1. The number of nitrogens with one attached hydrogen (secondary N) is 2. The summed E-state index contributed by atoms with van der Waals surface area (Å²) in [5.74, 6) is 1.56. The number of anilines is 2. The molecule has 0 unspecified atom stereocenters. The third-order valence-electron chi connectivity index (χ3n) is 10.7. The molecule has 4 aromatic rings. The Labute approximate surface area is 336 Å². The number of rotatable bonds is 23. The predicted molar refractivity (Wildman–Crippen MR) is 228 cm³/mol. The van der Waals surface area contributed by atoms with E-state index in [2.05, 4.69) is 48.4 Å². The van der Waals surface area contributed by atoms with Crippen LogP contribution in [-0.4, -0.2) is 41.8 Å². The molecule has 2 amide bonds. The van der Waals surface area contributed by atoms with Crippen LogP contribution in [0, 0.1) is 5.92 Å². The molecule has 0 saturated carbocycles. The number of hydrogen-bond donors (Lipinski definition) is 3. The van der Waals surface area contributed by atoms with Crippen LogP contribution in [-0.2, 0) is 16.1 Å². The van der Waals surface area contributed by atoms with Crippen LogP contribution in [0.5, 0.6) is 11.5 Å². The number of aliphatic hydroxyl groups is 1. The SMILES string of the molecule is CCCCCCCCN(CCCCCCCC)C[C@H]1O[C@@H](c2ccc(NC(=O)Nc3ccc(Oc4ccccc4)cc3)cc2)O[C@@H](c2ccc(CO)cc2)[C@H]1C. The summed E-state index contributed by atoms with van der Waals surface area (Å²) >= 11 is 0. The van der Waals surface area contributed by atoms with E-state index in [0.29, 0.717) is 17.1 Å². The van der Waals surface area contributed by atoms with Crippen LogP contribution in [0.15, 0.2) is 103 Å². The molecule has 4 atom stereocenters. The summed E-state index contributed by atoms with van der Waals surface area (Å²) < 4.78 is 19.5. The minimum Gasteiger partial charge on any atom is -0.457 e. The maximum absolute atomic E-state index is 12.9. The Morgan fingerprint density at radius 1 is 0.643 bits per heavy atom. The molecule has 8 heteroatoms. The van der Waals surface area contributed by atoms with E-state index >= 15 is 0 Å². The van der Waals surface area contributed by atoms with Gasteiger partial charge in [-0.05, 0) is 85.6 Å². The van der Waals surface area contributed by atoms with Gasteiger partial charge in [-0.3, -0.25) is 0 Å². The molecular weight excluding hydrogens is 699 g/mol. The molecule has 3 N–H and O–H groups in total. The highest BCUT2D eigenvalue weighted by Crippen LogP contribution is 2.42. The van der Waals surface area contributed by atoms with E-state index in [-0.39, 0.29) is 30.8 Å². The van der Waals surface area contributed by atoms with Gasteiger partial charge in [0.1, 0.15) is 11.5 Å². The molecule has 1 heterocycles. The van der Waals surface area contributed by atoms with Crippen molar-refractivity contribution >= 4 is 17.4 Å². The fourth-order valence-corrected chi connectivity index (χ4v) is 7.36. The molecule has 0 bridgehead atoms. The number of hydrogen-bond acceptors (Lipinski definition) is 6. The second kappa shape index (κ2) is 23.8. The first-order valence-electron chi connectivity index (χ1n) is 21.2. The molecule has 1 aliphatic rings. The first-order chi connectivity index (χ1) is 27.4. The molecule has 8 nitrogen and oxygen atoms in total. The van der Waals surface area contributed by atoms with Gasteiger partial charge in [0.25, 0.3) is 0 Å². The van der Waals surface area contributed by atoms with Crippen molar-refractivity contribution in [1.29, 1.82) is 0 Å². The lowest BCUT2D eigenvalue weighted by Crippen LogP contribution is -2.45. The lowest BCUT2D eigenvalue weighted by atomic mass is 9.90. The molecule has 0 spiro atoms. The number of nitrogens with zero attached hydrogens (tertiary/aromatic N) is 1. The summed E-state index contributed by atoms with van der Waals surface area (Å²) in [4.78, 5) is 15.6. The number of unbranched alkanes of at least 4 members (excludes halogenated alkanes) is 10. The van der Waals surface area contributed by atoms with E-state index in [1.807, 2.05) is 91.0 Å². The second-order valence-electron chi connectivity index (χ2n) is 15.3. The van der Waals surface area contributed by atoms with Crippen molar-refractivity contribution in [3.05, 3.63) is 120 Å². The van der Waals surface area contributed by atoms with Gasteiger partial charge in [0, 0.05) is 29.4 Å². The summed E-state index contributed by atoms with van der Waals surface area (Å²) in [6.45, 7) is 9.83. The van der Waals surface area contributed by atoms with Gasteiger partial charge >= 0.3 is 6.03 Å². The Morgan fingerprint density at radius 3 is 1.73 bits per heavy atom. The van der Waals surface area contributed by atoms with Crippen molar-refractivity contribution < 1.29 is 24.1 Å². The summed E-state index contributed by atoms with van der Waals surface area (Å²) in [6.07, 6.45) is 14.6. The van der Waals surface area contributed by atoms with Gasteiger partial charge in [0.05, 0.1) is 18.8 Å². The van der Waals surface area contributed by atoms with Crippen LogP contribution in [0.1, 0.15) is 127 Å². The quantitative estimate of drug-likeness (QED) is 0.0652. The monoisotopic (exact) mass is 763 g/mol. The first-order valence-corrected chi connectivity index (χ1v) is 21.2. The van der Waals surface area contributed by atoms with Crippen LogP contribution < -0.4 is 15.4 Å². The maximum atomic E-state index is 12.9. The largest absolute Gasteiger partial charge is 0.457 e. The summed E-state index contributed by atoms with van der Waals surface area (Å²) in [5.41, 5.74) is 4.19. The van der Waals surface area contributed by atoms with E-state index in [0.717, 1.165) is 42.1 Å². The minimum atomic E-state index is -0.567. The number of benzene rings is 4. The molecule has 1 fully saturated rings. The van der Waals surface area contributed by atoms with Crippen molar-refractivity contribution in [2.24, 2.45) is 5.92 Å². The zero-order chi connectivity index (χ0) is 39.4. The number of para-hydroxylation sites is 1. The normalized spacial score (nSPS) is 18.2. The van der Waals surface area contributed by atoms with Crippen molar-refractivity contribution in [1.82, 2.24) is 4.90 Å². The van der Waals surface area contributed by atoms with Crippen LogP contribution >= 0.6 is 0 Å². The van der Waals surface area contributed by atoms with Crippen LogP contribution in [0.25, 0.3) is 0 Å². The number of amides is 2. The second-order valence-corrected chi connectivity index (χ2v) is 15.3. The van der Waals surface area contributed by atoms with Crippen LogP contribution in [0.3, 0.4) is 0 Å². The first kappa shape index (κ1) is 42.9. The Bertz CT molecular complexity index is 1650. The van der Waals surface area contributed by atoms with Gasteiger partial charge in [0.2, 0.25) is 0 Å². The Balaban J connectivity index is 1.23. The fourth-order valence-electron chi connectivity index (χ4n) is 7.36. The van der Waals surface area contributed by atoms with Crippen molar-refractivity contribution in [2.45, 2.75) is 123 Å². The summed E-state index contributed by atoms with van der Waals surface area (Å²) in [7, 11) is 0. The van der Waals surface area contributed by atoms with Crippen molar-refractivity contribution in [2.75, 3.05) is 30.3 Å². The molecule has 1 aliphatic heterocycles. The molecule has 1 saturated heterocycles. The molecule has 5 rings (SSSR count). The van der Waals surface area contributed by atoms with Gasteiger partial charge in [-0.25, -0.2) is 4.79 Å². The van der Waals surface area contributed by atoms with E-state index < -0.39 is 6.29 Å². The van der Waals surface area contributed by atoms with E-state index in [9.17, 15) is 9.90 Å². The summed E-state index contributed by atoms with van der Waals surface area (Å²) in [6, 6.07) is 32.4. The average molecular weight is 764 g/mol. The van der Waals surface area contributed by atoms with E-state index in [1.165, 1.54) is 77.0 Å². The third-order valence-corrected chi connectivity index (χ3v) is 10.7. The van der Waals surface area contributed by atoms with E-state index in [1.54, 1.807) is 0 Å². The topological polar surface area (TPSA) is 92.3 Å². The highest BCUT2D eigenvalue weighted by Gasteiger charge is 2.39. The zero-order valence-corrected chi connectivity index (χ0v) is 34.0. The number of aliphatic hydroxyl groups excluding tert-OH is 1. The Morgan fingerprint density at radius 2 is 1.16 bits per heavy atom. The van der Waals surface area contributed by atoms with Crippen LogP contribution in [0.4, 0.5) is 16.2 Å². The lowest BCUT2D eigenvalue weighted by Gasteiger charge is -2.43. The third kappa shape index (κ3) is 14.1. The number of ether oxygens (including phenoxy) is 3. The molecule has 4 aromatic carbocycles. The molecular formula is C48H65N3O5. The molecule has 56 heavy (non-hydrogen) atoms. The number of carbonyl (C=O) groups excluding carboxylic acids is 1. The molecule has 302 valence electrons. The highest BCUT2D eigenvalue weighted by atomic mass is 16.7. The molecule has 0 aliphatic carbocycles. The van der Waals surface area contributed by atoms with Crippen molar-refractivity contribution in [3.8, 4) is 11.5 Å². The van der Waals surface area contributed by atoms with Crippen molar-refractivity contribution in [3.63, 3.8) is 0 Å². The smallest absolute Gasteiger partial charge is 0.323 e. The minimum absolute atomic E-state index is 0.00989. The predicted octanol–water partition coefficient (Wildman–Crippen LogP) is 12.4. The Hall–Kier alpha value is -4.21. The van der Waals surface area contributed by atoms with Gasteiger partial charge in [-0.2, -0.15) is 0 Å².